The van der Waals surface area contributed by atoms with E-state index in [1.165, 1.54) is 4.70 Å². The number of hydrogen-bond acceptors (Lipinski definition) is 8. The van der Waals surface area contributed by atoms with Crippen LogP contribution in [-0.4, -0.2) is 77.1 Å². The highest BCUT2D eigenvalue weighted by atomic mass is 32.1. The van der Waals surface area contributed by atoms with Crippen molar-refractivity contribution in [2.75, 3.05) is 66.1 Å². The fraction of sp³-hybridized carbons (Fsp3) is 0.467. The lowest BCUT2D eigenvalue weighted by Crippen LogP contribution is -2.35. The fourth-order valence-electron chi connectivity index (χ4n) is 4.16. The number of carboxylic acids is 1. The quantitative estimate of drug-likeness (QED) is 0.328. The minimum Gasteiger partial charge on any atom is -0.487 e. The largest absolute Gasteiger partial charge is 0.487 e. The Morgan fingerprint density at radius 2 is 1.40 bits per heavy atom. The number of benzene rings is 2. The summed E-state index contributed by atoms with van der Waals surface area (Å²) in [7, 11) is 0. The molecule has 216 valence electrons. The average Bonchev–Trinajstić information content (AvgIpc) is 3.31. The molecule has 0 amide bonds. The van der Waals surface area contributed by atoms with Crippen molar-refractivity contribution in [3.8, 4) is 11.5 Å². The molecule has 0 unspecified atom stereocenters. The molecule has 0 atom stereocenters. The van der Waals surface area contributed by atoms with E-state index in [0.717, 1.165) is 29.1 Å². The molecule has 0 spiro atoms. The summed E-state index contributed by atoms with van der Waals surface area (Å²) in [5, 5.41) is 10.1. The van der Waals surface area contributed by atoms with Crippen LogP contribution in [0.15, 0.2) is 42.5 Å². The normalized spacial score (nSPS) is 16.5. The van der Waals surface area contributed by atoms with E-state index >= 15 is 0 Å². The van der Waals surface area contributed by atoms with Crippen molar-refractivity contribution in [1.82, 2.24) is 0 Å². The third-order valence-electron chi connectivity index (χ3n) is 6.13. The monoisotopic (exact) mass is 572 g/mol. The van der Waals surface area contributed by atoms with Crippen LogP contribution in [-0.2, 0) is 30.3 Å². The predicted octanol–water partition coefficient (Wildman–Crippen LogP) is 4.45. The van der Waals surface area contributed by atoms with Gasteiger partial charge in [0.05, 0.1) is 52.9 Å². The highest BCUT2D eigenvalue weighted by Gasteiger charge is 2.18. The molecule has 3 aromatic rings. The first-order chi connectivity index (χ1) is 19.7. The van der Waals surface area contributed by atoms with E-state index in [9.17, 15) is 4.79 Å². The van der Waals surface area contributed by atoms with Crippen LogP contribution in [0.1, 0.15) is 29.8 Å². The molecule has 0 saturated heterocycles. The summed E-state index contributed by atoms with van der Waals surface area (Å²) in [5.74, 6) is 0.537. The number of rotatable bonds is 7. The molecule has 1 N–H and O–H groups in total. The number of aliphatic carboxylic acids is 1. The molecule has 0 radical (unpaired) electrons. The molecule has 1 aromatic heterocycles. The van der Waals surface area contributed by atoms with Crippen LogP contribution in [0.2, 0.25) is 0 Å². The third-order valence-corrected chi connectivity index (χ3v) is 7.26. The standard InChI is InChI=1S/C30H37NO8S/c32-30(33)7-3-4-12-31-25-5-1-2-6-28(25)40-29(31)11-9-24-8-10-26-27(23-24)39-22-20-37-18-16-35-14-13-34-15-17-36-19-21-38-26/h1-2,5-6,8-11,23H,3-4,7,12-22H2/p+1/b11-9+. The summed E-state index contributed by atoms with van der Waals surface area (Å²) in [4.78, 5) is 10.9. The second-order valence-corrected chi connectivity index (χ2v) is 10.2. The smallest absolute Gasteiger partial charge is 0.303 e. The van der Waals surface area contributed by atoms with Crippen molar-refractivity contribution < 1.29 is 42.9 Å². The first-order valence-electron chi connectivity index (χ1n) is 13.7. The number of aryl methyl sites for hydroxylation is 1. The van der Waals surface area contributed by atoms with Crippen LogP contribution in [0.3, 0.4) is 0 Å². The first-order valence-corrected chi connectivity index (χ1v) is 14.5. The number of fused-ring (bicyclic) bond motifs is 2. The lowest BCUT2D eigenvalue weighted by molar-refractivity contribution is -0.669. The number of ether oxygens (including phenoxy) is 6. The molecule has 0 aliphatic carbocycles. The first kappa shape index (κ1) is 30.0. The highest BCUT2D eigenvalue weighted by Crippen LogP contribution is 2.30. The molecule has 9 nitrogen and oxygen atoms in total. The maximum atomic E-state index is 10.9. The molecule has 0 fully saturated rings. The second-order valence-electron chi connectivity index (χ2n) is 9.10. The van der Waals surface area contributed by atoms with Gasteiger partial charge in [0, 0.05) is 25.0 Å². The Kier molecular flexibility index (Phi) is 12.7. The molecule has 4 rings (SSSR count). The van der Waals surface area contributed by atoms with E-state index < -0.39 is 5.97 Å². The molecule has 1 aliphatic rings. The molecule has 0 bridgehead atoms. The number of carbonyl (C=O) groups is 1. The zero-order chi connectivity index (χ0) is 27.8. The summed E-state index contributed by atoms with van der Waals surface area (Å²) in [6.45, 7) is 5.49. The molecule has 40 heavy (non-hydrogen) atoms. The van der Waals surface area contributed by atoms with Crippen molar-refractivity contribution >= 4 is 39.7 Å². The Morgan fingerprint density at radius 1 is 0.775 bits per heavy atom. The third kappa shape index (κ3) is 9.87. The molecule has 2 heterocycles. The number of aromatic nitrogens is 1. The molecular weight excluding hydrogens is 534 g/mol. The molecule has 10 heteroatoms. The minimum atomic E-state index is -0.756. The molecule has 1 aliphatic heterocycles. The fourth-order valence-corrected chi connectivity index (χ4v) is 5.26. The lowest BCUT2D eigenvalue weighted by Gasteiger charge is -2.14. The van der Waals surface area contributed by atoms with Crippen molar-refractivity contribution in [1.29, 1.82) is 0 Å². The topological polar surface area (TPSA) is 96.6 Å². The molecular formula is C30H38NO8S+. The van der Waals surface area contributed by atoms with Gasteiger partial charge in [0.1, 0.15) is 17.9 Å². The Labute approximate surface area is 238 Å². The predicted molar refractivity (Wildman–Crippen MR) is 153 cm³/mol. The van der Waals surface area contributed by atoms with Gasteiger partial charge in [-0.3, -0.25) is 4.79 Å². The van der Waals surface area contributed by atoms with Gasteiger partial charge in [-0.2, -0.15) is 4.57 Å². The van der Waals surface area contributed by atoms with E-state index in [2.05, 4.69) is 28.9 Å². The Balaban J connectivity index is 1.46. The zero-order valence-electron chi connectivity index (χ0n) is 22.8. The number of hydrogen-bond donors (Lipinski definition) is 1. The van der Waals surface area contributed by atoms with Gasteiger partial charge in [-0.15, -0.1) is 0 Å². The number of nitrogens with zero attached hydrogens (tertiary/aromatic N) is 1. The van der Waals surface area contributed by atoms with E-state index in [0.29, 0.717) is 84.0 Å². The van der Waals surface area contributed by atoms with Crippen LogP contribution in [0.5, 0.6) is 11.5 Å². The SMILES string of the molecule is O=C(O)CCCC[n+]1c(/C=C/c2ccc3c(c2)OCCOCCOCCOCCOCCO3)sc2ccccc21. The van der Waals surface area contributed by atoms with Crippen molar-refractivity contribution in [2.24, 2.45) is 0 Å². The van der Waals surface area contributed by atoms with Crippen LogP contribution in [0.4, 0.5) is 0 Å². The van der Waals surface area contributed by atoms with Crippen molar-refractivity contribution in [3.05, 3.63) is 53.0 Å². The van der Waals surface area contributed by atoms with Gasteiger partial charge in [0.25, 0.3) is 5.01 Å². The van der Waals surface area contributed by atoms with E-state index in [1.54, 1.807) is 11.3 Å². The van der Waals surface area contributed by atoms with Gasteiger partial charge in [-0.05, 0) is 36.3 Å². The average molecular weight is 573 g/mol. The summed E-state index contributed by atoms with van der Waals surface area (Å²) in [5.41, 5.74) is 2.13. The Morgan fingerprint density at radius 3 is 2.08 bits per heavy atom. The summed E-state index contributed by atoms with van der Waals surface area (Å²) in [6.07, 6.45) is 5.79. The lowest BCUT2D eigenvalue weighted by atomic mass is 10.2. The summed E-state index contributed by atoms with van der Waals surface area (Å²) >= 11 is 1.72. The number of carboxylic acid groups (broad SMARTS) is 1. The maximum absolute atomic E-state index is 10.9. The van der Waals surface area contributed by atoms with Crippen molar-refractivity contribution in [2.45, 2.75) is 25.8 Å². The number of thiazole rings is 1. The van der Waals surface area contributed by atoms with Gasteiger partial charge in [-0.1, -0.05) is 29.5 Å². The van der Waals surface area contributed by atoms with Crippen LogP contribution >= 0.6 is 11.3 Å². The second kappa shape index (κ2) is 16.9. The van der Waals surface area contributed by atoms with Gasteiger partial charge < -0.3 is 33.5 Å². The van der Waals surface area contributed by atoms with Crippen LogP contribution in [0, 0.1) is 0 Å². The maximum Gasteiger partial charge on any atom is 0.303 e. The van der Waals surface area contributed by atoms with Crippen LogP contribution < -0.4 is 14.0 Å². The minimum absolute atomic E-state index is 0.185. The van der Waals surface area contributed by atoms with E-state index in [4.69, 9.17) is 33.5 Å². The van der Waals surface area contributed by atoms with Gasteiger partial charge >= 0.3 is 5.97 Å². The molecule has 2 aromatic carbocycles. The summed E-state index contributed by atoms with van der Waals surface area (Å²) < 4.78 is 37.7. The van der Waals surface area contributed by atoms with Gasteiger partial charge in [-0.25, -0.2) is 0 Å². The molecule has 0 saturated carbocycles. The van der Waals surface area contributed by atoms with Gasteiger partial charge in [0.15, 0.2) is 18.0 Å². The van der Waals surface area contributed by atoms with Crippen LogP contribution in [0.25, 0.3) is 22.4 Å². The number of unbranched alkanes of at least 4 members (excludes halogenated alkanes) is 1. The Bertz CT molecular complexity index is 1230. The Hall–Kier alpha value is -3.02. The highest BCUT2D eigenvalue weighted by molar-refractivity contribution is 7.18. The number of para-hydroxylation sites is 1. The van der Waals surface area contributed by atoms with Crippen molar-refractivity contribution in [3.63, 3.8) is 0 Å². The van der Waals surface area contributed by atoms with Gasteiger partial charge in [0.2, 0.25) is 5.52 Å². The summed E-state index contributed by atoms with van der Waals surface area (Å²) in [6, 6.07) is 14.2. The zero-order valence-corrected chi connectivity index (χ0v) is 23.6. The van der Waals surface area contributed by atoms with E-state index in [1.807, 2.05) is 30.3 Å². The van der Waals surface area contributed by atoms with E-state index in [-0.39, 0.29) is 6.42 Å².